The van der Waals surface area contributed by atoms with Gasteiger partial charge in [-0.15, -0.1) is 0 Å². The van der Waals surface area contributed by atoms with Gasteiger partial charge in [-0.1, -0.05) is 12.1 Å². The highest BCUT2D eigenvalue weighted by Crippen LogP contribution is 2.40. The average molecular weight is 556 g/mol. The van der Waals surface area contributed by atoms with Gasteiger partial charge in [-0.05, 0) is 54.1 Å². The molecule has 12 heteroatoms. The fraction of sp³-hybridized carbons (Fsp3) is 0.179. The van der Waals surface area contributed by atoms with Gasteiger partial charge >= 0.3 is 12.1 Å². The van der Waals surface area contributed by atoms with Crippen molar-refractivity contribution in [3.8, 4) is 34.3 Å². The van der Waals surface area contributed by atoms with E-state index < -0.39 is 12.1 Å². The van der Waals surface area contributed by atoms with E-state index in [-0.39, 0.29) is 5.75 Å². The van der Waals surface area contributed by atoms with Gasteiger partial charge in [0.05, 0.1) is 38.1 Å². The second-order valence-corrected chi connectivity index (χ2v) is 8.49. The third-order valence-electron chi connectivity index (χ3n) is 5.98. The highest BCUT2D eigenvalue weighted by atomic mass is 19.4. The molecule has 5 rings (SSSR count). The zero-order valence-corrected chi connectivity index (χ0v) is 21.5. The molecule has 3 N–H and O–H groups in total. The number of phenolic OH excluding ortho intramolecular Hbond substituents is 1. The predicted octanol–water partition coefficient (Wildman–Crippen LogP) is 5.73. The third kappa shape index (κ3) is 5.85. The van der Waals surface area contributed by atoms with Crippen LogP contribution in [0.1, 0.15) is 11.3 Å². The van der Waals surface area contributed by atoms with Crippen molar-refractivity contribution in [3.05, 3.63) is 71.9 Å². The number of pyridine rings is 1. The zero-order chi connectivity index (χ0) is 29.0. The Balaban J connectivity index is 0.000000470. The number of phenols is 1. The molecule has 3 aromatic carbocycles. The number of hydrogen-bond acceptors (Lipinski definition) is 7. The lowest BCUT2D eigenvalue weighted by atomic mass is 9.98. The number of aromatic amines is 1. The minimum absolute atomic E-state index is 0.200. The number of nitrogens with one attached hydrogen (secondary N) is 1. The number of benzene rings is 3. The number of ether oxygens (including phenoxy) is 3. The monoisotopic (exact) mass is 555 g/mol. The van der Waals surface area contributed by atoms with Crippen LogP contribution in [0.2, 0.25) is 0 Å². The van der Waals surface area contributed by atoms with E-state index in [1.807, 2.05) is 48.5 Å². The summed E-state index contributed by atoms with van der Waals surface area (Å²) in [6.45, 7) is 0. The molecule has 0 fully saturated rings. The van der Waals surface area contributed by atoms with E-state index in [1.165, 1.54) is 0 Å². The second kappa shape index (κ2) is 11.4. The molecule has 0 unspecified atom stereocenters. The Morgan fingerprint density at radius 2 is 1.55 bits per heavy atom. The van der Waals surface area contributed by atoms with Crippen LogP contribution in [0.25, 0.3) is 33.1 Å². The summed E-state index contributed by atoms with van der Waals surface area (Å²) in [6, 6.07) is 18.8. The van der Waals surface area contributed by atoms with Gasteiger partial charge in [-0.25, -0.2) is 9.78 Å². The van der Waals surface area contributed by atoms with E-state index in [0.717, 1.165) is 44.4 Å². The SMILES string of the molecule is COc1cccc(Cc2n[nH]c3nc(-c4ccc(O)cc4)c4cc(OC)c(OC)cc4c23)c1.O=C(O)C(F)(F)F. The van der Waals surface area contributed by atoms with Gasteiger partial charge in [0.15, 0.2) is 17.1 Å². The van der Waals surface area contributed by atoms with E-state index in [4.69, 9.17) is 29.1 Å². The number of halogens is 3. The summed E-state index contributed by atoms with van der Waals surface area (Å²) < 4.78 is 48.3. The molecule has 40 heavy (non-hydrogen) atoms. The molecule has 208 valence electrons. The third-order valence-corrected chi connectivity index (χ3v) is 5.98. The van der Waals surface area contributed by atoms with Crippen LogP contribution in [-0.4, -0.2) is 58.9 Å². The first kappa shape index (κ1) is 28.0. The maximum Gasteiger partial charge on any atom is 0.490 e. The molecular weight excluding hydrogens is 531 g/mol. The number of carboxylic acid groups (broad SMARTS) is 1. The van der Waals surface area contributed by atoms with Crippen molar-refractivity contribution in [1.29, 1.82) is 0 Å². The van der Waals surface area contributed by atoms with Crippen LogP contribution in [-0.2, 0) is 11.2 Å². The number of H-pyrrole nitrogens is 1. The maximum absolute atomic E-state index is 10.6. The number of rotatable bonds is 6. The minimum Gasteiger partial charge on any atom is -0.508 e. The summed E-state index contributed by atoms with van der Waals surface area (Å²) in [6.07, 6.45) is -4.47. The molecule has 0 aliphatic heterocycles. The van der Waals surface area contributed by atoms with Crippen molar-refractivity contribution < 1.29 is 42.4 Å². The lowest BCUT2D eigenvalue weighted by Gasteiger charge is -2.13. The van der Waals surface area contributed by atoms with Crippen molar-refractivity contribution in [2.45, 2.75) is 12.6 Å². The zero-order valence-electron chi connectivity index (χ0n) is 21.5. The van der Waals surface area contributed by atoms with Gasteiger partial charge in [0.25, 0.3) is 0 Å². The Bertz CT molecular complexity index is 1670. The van der Waals surface area contributed by atoms with E-state index >= 15 is 0 Å². The second-order valence-electron chi connectivity index (χ2n) is 8.49. The Kier molecular flexibility index (Phi) is 7.98. The minimum atomic E-state index is -5.08. The Morgan fingerprint density at radius 3 is 2.12 bits per heavy atom. The largest absolute Gasteiger partial charge is 0.508 e. The number of aliphatic carboxylic acids is 1. The van der Waals surface area contributed by atoms with Crippen LogP contribution in [0.3, 0.4) is 0 Å². The Morgan fingerprint density at radius 1 is 0.925 bits per heavy atom. The Labute approximate surface area is 225 Å². The number of fused-ring (bicyclic) bond motifs is 3. The molecule has 0 atom stereocenters. The predicted molar refractivity (Wildman–Crippen MR) is 141 cm³/mol. The van der Waals surface area contributed by atoms with E-state index in [9.17, 15) is 18.3 Å². The highest BCUT2D eigenvalue weighted by Gasteiger charge is 2.38. The van der Waals surface area contributed by atoms with Crippen molar-refractivity contribution in [2.24, 2.45) is 0 Å². The molecule has 0 spiro atoms. The Hall–Kier alpha value is -5.00. The maximum atomic E-state index is 10.6. The molecule has 2 heterocycles. The summed E-state index contributed by atoms with van der Waals surface area (Å²) in [5, 5.41) is 27.3. The van der Waals surface area contributed by atoms with E-state index in [0.29, 0.717) is 23.6 Å². The van der Waals surface area contributed by atoms with Crippen molar-refractivity contribution >= 4 is 27.8 Å². The van der Waals surface area contributed by atoms with Crippen LogP contribution in [0.5, 0.6) is 23.0 Å². The molecule has 0 radical (unpaired) electrons. The number of hydrogen-bond donors (Lipinski definition) is 3. The normalized spacial score (nSPS) is 11.2. The first-order chi connectivity index (χ1) is 19.0. The molecule has 5 aromatic rings. The molecule has 0 aliphatic carbocycles. The van der Waals surface area contributed by atoms with Gasteiger partial charge < -0.3 is 24.4 Å². The molecule has 0 amide bonds. The average Bonchev–Trinajstić information content (AvgIpc) is 3.34. The van der Waals surface area contributed by atoms with Crippen LogP contribution in [0.4, 0.5) is 13.2 Å². The van der Waals surface area contributed by atoms with Gasteiger partial charge in [0.2, 0.25) is 0 Å². The molecule has 0 aliphatic rings. The molecule has 0 saturated heterocycles. The summed E-state index contributed by atoms with van der Waals surface area (Å²) >= 11 is 0. The van der Waals surface area contributed by atoms with Crippen molar-refractivity contribution in [3.63, 3.8) is 0 Å². The van der Waals surface area contributed by atoms with Gasteiger partial charge in [-0.2, -0.15) is 18.3 Å². The van der Waals surface area contributed by atoms with Crippen LogP contribution in [0, 0.1) is 0 Å². The number of aromatic hydroxyl groups is 1. The summed E-state index contributed by atoms with van der Waals surface area (Å²) in [5.74, 6) is -0.513. The summed E-state index contributed by atoms with van der Waals surface area (Å²) in [5.41, 5.74) is 4.26. The summed E-state index contributed by atoms with van der Waals surface area (Å²) in [4.78, 5) is 13.8. The number of carbonyl (C=O) groups is 1. The van der Waals surface area contributed by atoms with Gasteiger partial charge in [-0.3, -0.25) is 5.10 Å². The summed E-state index contributed by atoms with van der Waals surface area (Å²) in [7, 11) is 4.89. The van der Waals surface area contributed by atoms with Crippen LogP contribution in [0.15, 0.2) is 60.7 Å². The topological polar surface area (TPSA) is 127 Å². The molecule has 2 aromatic heterocycles. The number of alkyl halides is 3. The smallest absolute Gasteiger partial charge is 0.490 e. The lowest BCUT2D eigenvalue weighted by Crippen LogP contribution is -2.21. The first-order valence-corrected chi connectivity index (χ1v) is 11.7. The standard InChI is InChI=1S/C26H23N3O4.C2HF3O2/c1-31-18-6-4-5-15(11-18)12-21-24-19-13-22(32-2)23(33-3)14-20(19)25(27-26(24)29-28-21)16-7-9-17(30)10-8-16;3-2(4,5)1(6)7/h4-11,13-14,30H,12H2,1-3H3,(H,27,28,29);(H,6,7). The van der Waals surface area contributed by atoms with E-state index in [1.54, 1.807) is 33.5 Å². The number of nitrogens with zero attached hydrogens (tertiary/aromatic N) is 2. The number of methoxy groups -OCH3 is 3. The quantitative estimate of drug-likeness (QED) is 0.242. The van der Waals surface area contributed by atoms with Gasteiger partial charge in [0.1, 0.15) is 11.5 Å². The fourth-order valence-corrected chi connectivity index (χ4v) is 4.13. The van der Waals surface area contributed by atoms with Crippen molar-refractivity contribution in [1.82, 2.24) is 15.2 Å². The molecular formula is C28H24F3N3O6. The molecule has 0 bridgehead atoms. The van der Waals surface area contributed by atoms with Crippen LogP contribution >= 0.6 is 0 Å². The molecule has 9 nitrogen and oxygen atoms in total. The number of carboxylic acids is 1. The molecule has 0 saturated carbocycles. The lowest BCUT2D eigenvalue weighted by molar-refractivity contribution is -0.192. The van der Waals surface area contributed by atoms with Crippen molar-refractivity contribution in [2.75, 3.05) is 21.3 Å². The van der Waals surface area contributed by atoms with Gasteiger partial charge in [0, 0.05) is 22.8 Å². The van der Waals surface area contributed by atoms with Crippen LogP contribution < -0.4 is 14.2 Å². The van der Waals surface area contributed by atoms with E-state index in [2.05, 4.69) is 10.2 Å². The fourth-order valence-electron chi connectivity index (χ4n) is 4.13. The first-order valence-electron chi connectivity index (χ1n) is 11.7. The highest BCUT2D eigenvalue weighted by molar-refractivity contribution is 6.12. The number of aromatic nitrogens is 3.